The number of hydrogen-bond acceptors (Lipinski definition) is 4. The van der Waals surface area contributed by atoms with Crippen molar-refractivity contribution in [3.63, 3.8) is 0 Å². The summed E-state index contributed by atoms with van der Waals surface area (Å²) in [6.07, 6.45) is -0.485. The molecule has 0 aliphatic heterocycles. The third-order valence-corrected chi connectivity index (χ3v) is 2.69. The van der Waals surface area contributed by atoms with Gasteiger partial charge in [0.2, 0.25) is 0 Å². The summed E-state index contributed by atoms with van der Waals surface area (Å²) in [6, 6.07) is 4.46. The molecule has 0 aliphatic rings. The Hall–Kier alpha value is -1.75. The highest BCUT2D eigenvalue weighted by Crippen LogP contribution is 2.27. The molecule has 0 aromatic heterocycles. The molecule has 19 heavy (non-hydrogen) atoms. The molecule has 0 saturated heterocycles. The van der Waals surface area contributed by atoms with Gasteiger partial charge >= 0.3 is 11.9 Å². The number of carboxylic acids is 1. The summed E-state index contributed by atoms with van der Waals surface area (Å²) in [7, 11) is 0. The molecule has 1 aromatic rings. The number of esters is 1. The average molecular weight is 287 g/mol. The summed E-state index contributed by atoms with van der Waals surface area (Å²) < 4.78 is 10.3. The van der Waals surface area contributed by atoms with Crippen molar-refractivity contribution < 1.29 is 24.2 Å². The molecule has 0 bridgehead atoms. The van der Waals surface area contributed by atoms with Crippen molar-refractivity contribution in [1.82, 2.24) is 0 Å². The Morgan fingerprint density at radius 1 is 1.37 bits per heavy atom. The van der Waals surface area contributed by atoms with Gasteiger partial charge in [-0.25, -0.2) is 9.59 Å². The fourth-order valence-electron chi connectivity index (χ4n) is 1.50. The Morgan fingerprint density at radius 3 is 2.58 bits per heavy atom. The van der Waals surface area contributed by atoms with Crippen LogP contribution < -0.4 is 4.74 Å². The maximum absolute atomic E-state index is 11.6. The van der Waals surface area contributed by atoms with E-state index >= 15 is 0 Å². The molecule has 5 nitrogen and oxygen atoms in total. The summed E-state index contributed by atoms with van der Waals surface area (Å²) in [5, 5.41) is 9.15. The van der Waals surface area contributed by atoms with Crippen molar-refractivity contribution in [2.45, 2.75) is 26.4 Å². The zero-order valence-corrected chi connectivity index (χ0v) is 11.4. The fraction of sp³-hybridized carbons (Fsp3) is 0.385. The molecule has 0 amide bonds. The lowest BCUT2D eigenvalue weighted by atomic mass is 10.2. The van der Waals surface area contributed by atoms with E-state index in [4.69, 9.17) is 26.2 Å². The van der Waals surface area contributed by atoms with Crippen molar-refractivity contribution in [2.24, 2.45) is 0 Å². The lowest BCUT2D eigenvalue weighted by molar-refractivity contribution is -0.151. The quantitative estimate of drug-likeness (QED) is 0.814. The van der Waals surface area contributed by atoms with Crippen LogP contribution in [0, 0.1) is 0 Å². The second-order valence-corrected chi connectivity index (χ2v) is 4.09. The van der Waals surface area contributed by atoms with Crippen LogP contribution in [-0.4, -0.2) is 29.8 Å². The predicted molar refractivity (Wildman–Crippen MR) is 69.8 cm³/mol. The van der Waals surface area contributed by atoms with Gasteiger partial charge in [-0.1, -0.05) is 24.6 Å². The third kappa shape index (κ3) is 3.86. The summed E-state index contributed by atoms with van der Waals surface area (Å²) in [5.74, 6) is -1.68. The Labute approximate surface area is 116 Å². The predicted octanol–water partition coefficient (Wildman–Crippen LogP) is 2.76. The van der Waals surface area contributed by atoms with E-state index in [-0.39, 0.29) is 22.9 Å². The first kappa shape index (κ1) is 15.3. The maximum Gasteiger partial charge on any atom is 0.347 e. The summed E-state index contributed by atoms with van der Waals surface area (Å²) >= 11 is 5.81. The second kappa shape index (κ2) is 6.99. The van der Waals surface area contributed by atoms with Crippen molar-refractivity contribution in [3.05, 3.63) is 28.8 Å². The number of carboxylic acid groups (broad SMARTS) is 1. The van der Waals surface area contributed by atoms with E-state index in [0.717, 1.165) is 0 Å². The van der Waals surface area contributed by atoms with Crippen molar-refractivity contribution in [3.8, 4) is 5.75 Å². The Bertz CT molecular complexity index is 472. The van der Waals surface area contributed by atoms with Crippen LogP contribution in [0.2, 0.25) is 5.02 Å². The second-order valence-electron chi connectivity index (χ2n) is 3.68. The Morgan fingerprint density at radius 2 is 2.05 bits per heavy atom. The molecular formula is C13H15ClO5. The van der Waals surface area contributed by atoms with E-state index in [2.05, 4.69) is 0 Å². The van der Waals surface area contributed by atoms with Crippen LogP contribution in [0.5, 0.6) is 5.75 Å². The van der Waals surface area contributed by atoms with Crippen molar-refractivity contribution in [2.75, 3.05) is 6.61 Å². The zero-order chi connectivity index (χ0) is 14.4. The van der Waals surface area contributed by atoms with Gasteiger partial charge < -0.3 is 14.6 Å². The van der Waals surface area contributed by atoms with Crippen LogP contribution in [0.3, 0.4) is 0 Å². The van der Waals surface area contributed by atoms with Gasteiger partial charge in [-0.15, -0.1) is 0 Å². The first-order valence-electron chi connectivity index (χ1n) is 5.86. The molecule has 0 fully saturated rings. The largest absolute Gasteiger partial charge is 0.478 e. The summed E-state index contributed by atoms with van der Waals surface area (Å²) in [4.78, 5) is 22.7. The molecule has 0 spiro atoms. The minimum Gasteiger partial charge on any atom is -0.478 e. The number of ether oxygens (including phenoxy) is 2. The lowest BCUT2D eigenvalue weighted by Gasteiger charge is -2.17. The molecule has 0 saturated carbocycles. The molecule has 0 heterocycles. The van der Waals surface area contributed by atoms with Crippen LogP contribution in [0.4, 0.5) is 0 Å². The van der Waals surface area contributed by atoms with E-state index in [1.165, 1.54) is 12.1 Å². The summed E-state index contributed by atoms with van der Waals surface area (Å²) in [6.45, 7) is 3.67. The van der Waals surface area contributed by atoms with Gasteiger partial charge in [0.25, 0.3) is 0 Å². The monoisotopic (exact) mass is 286 g/mol. The molecule has 1 unspecified atom stereocenters. The zero-order valence-electron chi connectivity index (χ0n) is 10.7. The van der Waals surface area contributed by atoms with Crippen LogP contribution in [0.15, 0.2) is 18.2 Å². The minimum absolute atomic E-state index is 0.0555. The van der Waals surface area contributed by atoms with Crippen molar-refractivity contribution >= 4 is 23.5 Å². The van der Waals surface area contributed by atoms with E-state index < -0.39 is 18.0 Å². The fourth-order valence-corrected chi connectivity index (χ4v) is 1.74. The molecule has 104 valence electrons. The molecule has 0 aliphatic carbocycles. The van der Waals surface area contributed by atoms with Gasteiger partial charge in [0.05, 0.1) is 11.6 Å². The maximum atomic E-state index is 11.6. The highest BCUT2D eigenvalue weighted by molar-refractivity contribution is 6.33. The molecular weight excluding hydrogens is 272 g/mol. The standard InChI is InChI=1S/C13H15ClO5/c1-3-9(13(17)18-4-2)19-10-7-5-6-8(14)11(10)12(15)16/h5-7,9H,3-4H2,1-2H3,(H,15,16). The SMILES string of the molecule is CCOC(=O)C(CC)Oc1cccc(Cl)c1C(=O)O. The third-order valence-electron chi connectivity index (χ3n) is 2.38. The normalized spacial score (nSPS) is 11.7. The van der Waals surface area contributed by atoms with Gasteiger partial charge in [-0.2, -0.15) is 0 Å². The smallest absolute Gasteiger partial charge is 0.347 e. The van der Waals surface area contributed by atoms with Gasteiger partial charge in [0.15, 0.2) is 6.10 Å². The Kier molecular flexibility index (Phi) is 5.63. The number of benzene rings is 1. The van der Waals surface area contributed by atoms with Crippen LogP contribution in [0.1, 0.15) is 30.6 Å². The summed E-state index contributed by atoms with van der Waals surface area (Å²) in [5.41, 5.74) is -0.160. The Balaban J connectivity index is 3.00. The van der Waals surface area contributed by atoms with Gasteiger partial charge in [-0.3, -0.25) is 0 Å². The number of aromatic carboxylic acids is 1. The minimum atomic E-state index is -1.21. The molecule has 6 heteroatoms. The van der Waals surface area contributed by atoms with Crippen LogP contribution in [0.25, 0.3) is 0 Å². The van der Waals surface area contributed by atoms with Gasteiger partial charge in [-0.05, 0) is 25.5 Å². The first-order chi connectivity index (χ1) is 9.01. The van der Waals surface area contributed by atoms with Gasteiger partial charge in [0, 0.05) is 0 Å². The van der Waals surface area contributed by atoms with E-state index in [9.17, 15) is 9.59 Å². The van der Waals surface area contributed by atoms with Crippen LogP contribution in [-0.2, 0) is 9.53 Å². The number of carbonyl (C=O) groups excluding carboxylic acids is 1. The molecule has 1 atom stereocenters. The van der Waals surface area contributed by atoms with Crippen LogP contribution >= 0.6 is 11.6 Å². The molecule has 1 aromatic carbocycles. The number of halogens is 1. The first-order valence-corrected chi connectivity index (χ1v) is 6.24. The molecule has 1 rings (SSSR count). The highest BCUT2D eigenvalue weighted by atomic mass is 35.5. The van der Waals surface area contributed by atoms with E-state index in [1.807, 2.05) is 0 Å². The average Bonchev–Trinajstić information content (AvgIpc) is 2.35. The molecule has 0 radical (unpaired) electrons. The topological polar surface area (TPSA) is 72.8 Å². The molecule has 1 N–H and O–H groups in total. The van der Waals surface area contributed by atoms with E-state index in [1.54, 1.807) is 19.9 Å². The lowest BCUT2D eigenvalue weighted by Crippen LogP contribution is -2.29. The van der Waals surface area contributed by atoms with E-state index in [0.29, 0.717) is 6.42 Å². The van der Waals surface area contributed by atoms with Gasteiger partial charge in [0.1, 0.15) is 11.3 Å². The number of hydrogen-bond donors (Lipinski definition) is 1. The number of carbonyl (C=O) groups is 2. The highest BCUT2D eigenvalue weighted by Gasteiger charge is 2.23. The number of rotatable bonds is 6. The van der Waals surface area contributed by atoms with Crippen molar-refractivity contribution in [1.29, 1.82) is 0 Å².